The maximum atomic E-state index is 13.6. The van der Waals surface area contributed by atoms with Crippen LogP contribution in [0.3, 0.4) is 0 Å². The highest BCUT2D eigenvalue weighted by atomic mass is 19.1. The molecule has 1 unspecified atom stereocenters. The summed E-state index contributed by atoms with van der Waals surface area (Å²) in [4.78, 5) is 33.2. The fraction of sp³-hybridized carbons (Fsp3) is 0.308. The van der Waals surface area contributed by atoms with Crippen LogP contribution >= 0.6 is 0 Å². The van der Waals surface area contributed by atoms with E-state index < -0.39 is 35.4 Å². The molecule has 3 amide bonds. The number of carbonyl (C=O) groups is 3. The molecule has 0 saturated heterocycles. The molecule has 21 heavy (non-hydrogen) atoms. The van der Waals surface area contributed by atoms with Crippen LogP contribution in [0.5, 0.6) is 5.75 Å². The number of nitrogens with one attached hydrogen (secondary N) is 2. The number of benzene rings is 1. The molecule has 0 bridgehead atoms. The van der Waals surface area contributed by atoms with Crippen molar-refractivity contribution in [2.45, 2.75) is 20.0 Å². The highest BCUT2D eigenvalue weighted by Crippen LogP contribution is 2.23. The molecule has 0 fully saturated rings. The molecule has 0 aromatic heterocycles. The zero-order chi connectivity index (χ0) is 16.0. The number of carbonyl (C=O) groups excluding carboxylic acids is 3. The van der Waals surface area contributed by atoms with E-state index in [1.54, 1.807) is 6.92 Å². The van der Waals surface area contributed by atoms with Gasteiger partial charge in [0.2, 0.25) is 0 Å². The summed E-state index contributed by atoms with van der Waals surface area (Å²) >= 11 is 0. The molecule has 0 aliphatic heterocycles. The third-order valence-electron chi connectivity index (χ3n) is 2.39. The quantitative estimate of drug-likeness (QED) is 0.805. The molecule has 1 aromatic rings. The Labute approximate surface area is 119 Å². The van der Waals surface area contributed by atoms with E-state index in [-0.39, 0.29) is 11.8 Å². The number of hydrogen-bond donors (Lipinski definition) is 2. The van der Waals surface area contributed by atoms with Gasteiger partial charge in [-0.1, -0.05) is 0 Å². The molecule has 0 saturated carbocycles. The highest BCUT2D eigenvalue weighted by Gasteiger charge is 2.21. The molecule has 8 heteroatoms. The topological polar surface area (TPSA) is 84.5 Å². The van der Waals surface area contributed by atoms with Crippen molar-refractivity contribution in [2.75, 3.05) is 6.54 Å². The Bertz CT molecular complexity index is 540. The van der Waals surface area contributed by atoms with Gasteiger partial charge in [0.25, 0.3) is 5.91 Å². The zero-order valence-corrected chi connectivity index (χ0v) is 11.4. The summed E-state index contributed by atoms with van der Waals surface area (Å²) in [5.74, 6) is -3.89. The third-order valence-corrected chi connectivity index (χ3v) is 2.39. The van der Waals surface area contributed by atoms with Crippen LogP contribution in [0.4, 0.5) is 13.6 Å². The average molecular weight is 300 g/mol. The van der Waals surface area contributed by atoms with E-state index in [2.05, 4.69) is 5.32 Å². The van der Waals surface area contributed by atoms with Crippen molar-refractivity contribution >= 4 is 18.2 Å². The first-order chi connectivity index (χ1) is 9.88. The number of urea groups is 1. The number of imide groups is 1. The lowest BCUT2D eigenvalue weighted by molar-refractivity contribution is -0.126. The molecule has 1 rings (SSSR count). The summed E-state index contributed by atoms with van der Waals surface area (Å²) < 4.78 is 32.0. The summed E-state index contributed by atoms with van der Waals surface area (Å²) in [5, 5.41) is 4.27. The van der Waals surface area contributed by atoms with Gasteiger partial charge in [-0.25, -0.2) is 13.6 Å². The Hall–Kier alpha value is -2.51. The Morgan fingerprint density at radius 2 is 1.90 bits per heavy atom. The monoisotopic (exact) mass is 300 g/mol. The Morgan fingerprint density at radius 3 is 2.38 bits per heavy atom. The first-order valence-corrected chi connectivity index (χ1v) is 6.08. The van der Waals surface area contributed by atoms with E-state index in [9.17, 15) is 23.2 Å². The van der Waals surface area contributed by atoms with E-state index >= 15 is 0 Å². The van der Waals surface area contributed by atoms with Gasteiger partial charge in [0, 0.05) is 12.1 Å². The van der Waals surface area contributed by atoms with Crippen molar-refractivity contribution in [2.24, 2.45) is 0 Å². The molecule has 0 radical (unpaired) electrons. The van der Waals surface area contributed by atoms with Crippen LogP contribution in [0.25, 0.3) is 0 Å². The van der Waals surface area contributed by atoms with Gasteiger partial charge in [-0.15, -0.1) is 0 Å². The second kappa shape index (κ2) is 7.32. The molecular weight excluding hydrogens is 286 g/mol. The Kier molecular flexibility index (Phi) is 5.77. The van der Waals surface area contributed by atoms with Crippen molar-refractivity contribution in [3.63, 3.8) is 0 Å². The first-order valence-electron chi connectivity index (χ1n) is 6.08. The highest BCUT2D eigenvalue weighted by molar-refractivity contribution is 5.96. The normalized spacial score (nSPS) is 11.4. The smallest absolute Gasteiger partial charge is 0.321 e. The van der Waals surface area contributed by atoms with Crippen LogP contribution in [0, 0.1) is 11.6 Å². The fourth-order valence-electron chi connectivity index (χ4n) is 1.41. The van der Waals surface area contributed by atoms with Crippen molar-refractivity contribution < 1.29 is 27.9 Å². The predicted octanol–water partition coefficient (Wildman–Crippen LogP) is 1.39. The molecule has 1 aromatic carbocycles. The van der Waals surface area contributed by atoms with E-state index in [1.165, 1.54) is 6.92 Å². The summed E-state index contributed by atoms with van der Waals surface area (Å²) in [6.45, 7) is 3.19. The van der Waals surface area contributed by atoms with Gasteiger partial charge in [0.1, 0.15) is 6.29 Å². The van der Waals surface area contributed by atoms with Crippen molar-refractivity contribution in [1.29, 1.82) is 0 Å². The third kappa shape index (κ3) is 4.51. The van der Waals surface area contributed by atoms with Crippen molar-refractivity contribution in [1.82, 2.24) is 10.6 Å². The molecule has 1 atom stereocenters. The van der Waals surface area contributed by atoms with Gasteiger partial charge in [-0.3, -0.25) is 14.9 Å². The fourth-order valence-corrected chi connectivity index (χ4v) is 1.41. The predicted molar refractivity (Wildman–Crippen MR) is 69.1 cm³/mol. The van der Waals surface area contributed by atoms with Crippen LogP contribution in [-0.2, 0) is 4.79 Å². The number of hydrogen-bond acceptors (Lipinski definition) is 4. The second-order valence-electron chi connectivity index (χ2n) is 4.04. The summed E-state index contributed by atoms with van der Waals surface area (Å²) in [6, 6.07) is 0.815. The minimum absolute atomic E-state index is 0.197. The number of halogens is 2. The summed E-state index contributed by atoms with van der Waals surface area (Å²) in [5.41, 5.74) is -0.197. The molecule has 2 N–H and O–H groups in total. The van der Waals surface area contributed by atoms with Crippen LogP contribution in [0.2, 0.25) is 0 Å². The zero-order valence-electron chi connectivity index (χ0n) is 11.4. The lowest BCUT2D eigenvalue weighted by Crippen LogP contribution is -2.45. The lowest BCUT2D eigenvalue weighted by Gasteiger charge is -2.15. The van der Waals surface area contributed by atoms with Gasteiger partial charge in [0.15, 0.2) is 23.5 Å². The van der Waals surface area contributed by atoms with E-state index in [0.29, 0.717) is 6.54 Å². The average Bonchev–Trinajstić information content (AvgIpc) is 2.42. The maximum Gasteiger partial charge on any atom is 0.321 e. The van der Waals surface area contributed by atoms with Crippen LogP contribution in [-0.4, -0.2) is 30.9 Å². The summed E-state index contributed by atoms with van der Waals surface area (Å²) in [7, 11) is 0. The maximum absolute atomic E-state index is 13.6. The molecular formula is C13H14F2N2O4. The van der Waals surface area contributed by atoms with E-state index in [4.69, 9.17) is 4.74 Å². The van der Waals surface area contributed by atoms with Crippen molar-refractivity contribution in [3.8, 4) is 5.75 Å². The van der Waals surface area contributed by atoms with E-state index in [0.717, 1.165) is 12.1 Å². The summed E-state index contributed by atoms with van der Waals surface area (Å²) in [6.07, 6.45) is -1.03. The van der Waals surface area contributed by atoms with Crippen LogP contribution in [0.15, 0.2) is 12.1 Å². The number of amides is 3. The Balaban J connectivity index is 2.79. The largest absolute Gasteiger partial charge is 0.475 e. The first kappa shape index (κ1) is 16.5. The van der Waals surface area contributed by atoms with Crippen molar-refractivity contribution in [3.05, 3.63) is 29.3 Å². The molecule has 0 aliphatic rings. The number of rotatable bonds is 5. The van der Waals surface area contributed by atoms with E-state index in [1.807, 2.05) is 5.32 Å². The van der Waals surface area contributed by atoms with Crippen LogP contribution < -0.4 is 15.4 Å². The lowest BCUT2D eigenvalue weighted by atomic mass is 10.2. The van der Waals surface area contributed by atoms with Gasteiger partial charge in [-0.05, 0) is 26.0 Å². The Morgan fingerprint density at radius 1 is 1.33 bits per heavy atom. The minimum atomic E-state index is -1.31. The van der Waals surface area contributed by atoms with Gasteiger partial charge < -0.3 is 10.1 Å². The van der Waals surface area contributed by atoms with Crippen LogP contribution in [0.1, 0.15) is 24.2 Å². The van der Waals surface area contributed by atoms with Gasteiger partial charge in [0.05, 0.1) is 0 Å². The van der Waals surface area contributed by atoms with Gasteiger partial charge in [-0.2, -0.15) is 0 Å². The second-order valence-corrected chi connectivity index (χ2v) is 4.04. The molecule has 114 valence electrons. The molecule has 0 spiro atoms. The number of ether oxygens (including phenoxy) is 1. The standard InChI is InChI=1S/C13H14F2N2O4/c1-3-16-13(20)17-12(19)7(2)21-11-9(14)4-8(6-18)5-10(11)15/h4-7H,3H2,1-2H3,(H2,16,17,19,20). The minimum Gasteiger partial charge on any atom is -0.475 e. The van der Waals surface area contributed by atoms with Gasteiger partial charge >= 0.3 is 6.03 Å². The SMILES string of the molecule is CCNC(=O)NC(=O)C(C)Oc1c(F)cc(C=O)cc1F. The molecule has 0 aliphatic carbocycles. The number of aldehydes is 1. The molecule has 0 heterocycles. The molecule has 6 nitrogen and oxygen atoms in total.